The highest BCUT2D eigenvalue weighted by molar-refractivity contribution is 8.13. The Labute approximate surface area is 195 Å². The summed E-state index contributed by atoms with van der Waals surface area (Å²) in [6.45, 7) is 4.99. The van der Waals surface area contributed by atoms with Gasteiger partial charge in [-0.05, 0) is 61.4 Å². The Morgan fingerprint density at radius 1 is 1.06 bits per heavy atom. The average Bonchev–Trinajstić information content (AvgIpc) is 2.84. The molecule has 0 radical (unpaired) electrons. The number of ether oxygens (including phenoxy) is 1. The van der Waals surface area contributed by atoms with Crippen LogP contribution in [0.15, 0.2) is 53.5 Å². The molecule has 0 aromatic heterocycles. The highest BCUT2D eigenvalue weighted by Gasteiger charge is 2.26. The number of hydrogen-bond acceptors (Lipinski definition) is 5. The summed E-state index contributed by atoms with van der Waals surface area (Å²) in [5.74, 6) is 0.843. The van der Waals surface area contributed by atoms with Gasteiger partial charge in [-0.15, -0.1) is 0 Å². The largest absolute Gasteiger partial charge is 0.381 e. The van der Waals surface area contributed by atoms with E-state index in [0.29, 0.717) is 6.04 Å². The Bertz CT molecular complexity index is 881. The first kappa shape index (κ1) is 23.3. The van der Waals surface area contributed by atoms with Crippen LogP contribution in [0.5, 0.6) is 0 Å². The number of para-hydroxylation sites is 1. The van der Waals surface area contributed by atoms with Crippen molar-refractivity contribution in [1.29, 1.82) is 0 Å². The summed E-state index contributed by atoms with van der Waals surface area (Å²) >= 11 is 1.86. The third-order valence-electron chi connectivity index (χ3n) is 6.40. The number of halogens is 1. The average molecular weight is 456 g/mol. The van der Waals surface area contributed by atoms with Gasteiger partial charge in [-0.3, -0.25) is 0 Å². The quantitative estimate of drug-likeness (QED) is 0.467. The minimum Gasteiger partial charge on any atom is -0.381 e. The zero-order valence-electron chi connectivity index (χ0n) is 19.0. The van der Waals surface area contributed by atoms with E-state index in [1.807, 2.05) is 23.9 Å². The zero-order chi connectivity index (χ0) is 22.2. The summed E-state index contributed by atoms with van der Waals surface area (Å²) in [6.07, 6.45) is 5.38. The fourth-order valence-corrected chi connectivity index (χ4v) is 5.45. The lowest BCUT2D eigenvalue weighted by Crippen LogP contribution is -2.45. The first-order chi connectivity index (χ1) is 15.7. The summed E-state index contributed by atoms with van der Waals surface area (Å²) in [5.41, 5.74) is 3.63. The molecule has 0 atom stereocenters. The van der Waals surface area contributed by atoms with Gasteiger partial charge in [-0.2, -0.15) is 0 Å². The molecule has 2 aromatic rings. The van der Waals surface area contributed by atoms with Crippen LogP contribution in [0.4, 0.5) is 10.1 Å². The number of benzene rings is 2. The van der Waals surface area contributed by atoms with E-state index in [2.05, 4.69) is 41.1 Å². The summed E-state index contributed by atoms with van der Waals surface area (Å²) in [7, 11) is 2.21. The van der Waals surface area contributed by atoms with E-state index < -0.39 is 0 Å². The molecule has 4 nitrogen and oxygen atoms in total. The molecule has 6 heteroatoms. The Kier molecular flexibility index (Phi) is 8.60. The second-order valence-corrected chi connectivity index (χ2v) is 9.63. The van der Waals surface area contributed by atoms with Gasteiger partial charge in [0.05, 0.1) is 5.69 Å². The van der Waals surface area contributed by atoms with Crippen LogP contribution in [0.25, 0.3) is 0 Å². The van der Waals surface area contributed by atoms with E-state index in [1.54, 1.807) is 0 Å². The Balaban J connectivity index is 1.09. The molecule has 4 rings (SSSR count). The fraction of sp³-hybridized carbons (Fsp3) is 0.500. The van der Waals surface area contributed by atoms with Crippen molar-refractivity contribution in [2.75, 3.05) is 39.9 Å². The van der Waals surface area contributed by atoms with Gasteiger partial charge in [0.2, 0.25) is 0 Å². The van der Waals surface area contributed by atoms with Crippen LogP contribution in [-0.4, -0.2) is 60.9 Å². The molecule has 1 saturated heterocycles. The molecule has 2 aliphatic rings. The van der Waals surface area contributed by atoms with Crippen molar-refractivity contribution in [1.82, 2.24) is 9.80 Å². The van der Waals surface area contributed by atoms with E-state index in [-0.39, 0.29) is 5.82 Å². The number of rotatable bonds is 9. The van der Waals surface area contributed by atoms with Crippen LogP contribution in [0, 0.1) is 5.82 Å². The van der Waals surface area contributed by atoms with Crippen molar-refractivity contribution in [3.05, 3.63) is 65.5 Å². The summed E-state index contributed by atoms with van der Waals surface area (Å²) in [6, 6.07) is 15.8. The fourth-order valence-electron chi connectivity index (χ4n) is 4.41. The van der Waals surface area contributed by atoms with Crippen LogP contribution in [-0.2, 0) is 16.9 Å². The first-order valence-electron chi connectivity index (χ1n) is 11.8. The number of thioether (sulfide) groups is 1. The van der Waals surface area contributed by atoms with E-state index in [0.717, 1.165) is 68.7 Å². The molecule has 2 heterocycles. The van der Waals surface area contributed by atoms with Gasteiger partial charge in [0.1, 0.15) is 5.82 Å². The van der Waals surface area contributed by atoms with E-state index in [1.165, 1.54) is 36.1 Å². The maximum absolute atomic E-state index is 12.9. The van der Waals surface area contributed by atoms with Crippen LogP contribution >= 0.6 is 11.8 Å². The Morgan fingerprint density at radius 2 is 1.81 bits per heavy atom. The number of hydrogen-bond donors (Lipinski definition) is 0. The van der Waals surface area contributed by atoms with Crippen molar-refractivity contribution >= 4 is 22.6 Å². The van der Waals surface area contributed by atoms with Crippen molar-refractivity contribution in [3.8, 4) is 0 Å². The van der Waals surface area contributed by atoms with Gasteiger partial charge < -0.3 is 14.5 Å². The predicted molar refractivity (Wildman–Crippen MR) is 132 cm³/mol. The second-order valence-electron chi connectivity index (χ2n) is 8.69. The molecule has 0 aliphatic carbocycles. The molecule has 0 amide bonds. The summed E-state index contributed by atoms with van der Waals surface area (Å²) < 4.78 is 18.7. The molecule has 0 saturated carbocycles. The molecule has 32 heavy (non-hydrogen) atoms. The predicted octanol–water partition coefficient (Wildman–Crippen LogP) is 5.50. The SMILES string of the molecule is CN(C1=Nc2ccccc2CS1)C1CCN(CCCOCCCc2ccc(F)cc2)CC1. The highest BCUT2D eigenvalue weighted by Crippen LogP contribution is 2.32. The zero-order valence-corrected chi connectivity index (χ0v) is 19.8. The smallest absolute Gasteiger partial charge is 0.164 e. The molecule has 2 aliphatic heterocycles. The molecule has 0 N–H and O–H groups in total. The molecule has 2 aromatic carbocycles. The molecule has 0 bridgehead atoms. The standard InChI is InChI=1S/C26H34FN3OS/c1-29(26-28-25-8-3-2-7-22(25)20-32-26)24-13-16-30(17-14-24)15-5-19-31-18-4-6-21-9-11-23(27)12-10-21/h2-3,7-12,24H,4-6,13-20H2,1H3. The molecule has 0 unspecified atom stereocenters. The summed E-state index contributed by atoms with van der Waals surface area (Å²) in [5, 5.41) is 1.16. The highest BCUT2D eigenvalue weighted by atomic mass is 32.2. The molecule has 1 fully saturated rings. The lowest BCUT2D eigenvalue weighted by atomic mass is 10.0. The van der Waals surface area contributed by atoms with E-state index in [9.17, 15) is 4.39 Å². The van der Waals surface area contributed by atoms with Gasteiger partial charge in [-0.1, -0.05) is 42.1 Å². The van der Waals surface area contributed by atoms with Crippen molar-refractivity contribution in [2.45, 2.75) is 43.9 Å². The Morgan fingerprint density at radius 3 is 2.62 bits per heavy atom. The number of likely N-dealkylation sites (tertiary alicyclic amines) is 1. The molecule has 0 spiro atoms. The summed E-state index contributed by atoms with van der Waals surface area (Å²) in [4.78, 5) is 9.88. The van der Waals surface area contributed by atoms with Gasteiger partial charge in [0.25, 0.3) is 0 Å². The lowest BCUT2D eigenvalue weighted by Gasteiger charge is -2.38. The van der Waals surface area contributed by atoms with Gasteiger partial charge >= 0.3 is 0 Å². The number of amidine groups is 1. The monoisotopic (exact) mass is 455 g/mol. The molecule has 172 valence electrons. The van der Waals surface area contributed by atoms with Crippen LogP contribution in [0.2, 0.25) is 0 Å². The van der Waals surface area contributed by atoms with Crippen molar-refractivity contribution in [2.24, 2.45) is 4.99 Å². The third-order valence-corrected chi connectivity index (χ3v) is 7.49. The van der Waals surface area contributed by atoms with Crippen molar-refractivity contribution in [3.63, 3.8) is 0 Å². The number of fused-ring (bicyclic) bond motifs is 1. The topological polar surface area (TPSA) is 28.1 Å². The second kappa shape index (κ2) is 11.8. The minimum absolute atomic E-state index is 0.173. The lowest BCUT2D eigenvalue weighted by molar-refractivity contribution is 0.108. The van der Waals surface area contributed by atoms with Crippen molar-refractivity contribution < 1.29 is 9.13 Å². The third kappa shape index (κ3) is 6.56. The van der Waals surface area contributed by atoms with Gasteiger partial charge in [-0.25, -0.2) is 9.38 Å². The Hall–Kier alpha value is -1.89. The molecular formula is C26H34FN3OS. The van der Waals surface area contributed by atoms with Gasteiger partial charge in [0, 0.05) is 51.7 Å². The minimum atomic E-state index is -0.173. The number of nitrogens with zero attached hydrogens (tertiary/aromatic N) is 3. The first-order valence-corrected chi connectivity index (χ1v) is 12.7. The van der Waals surface area contributed by atoms with Crippen LogP contribution in [0.3, 0.4) is 0 Å². The van der Waals surface area contributed by atoms with Crippen LogP contribution in [0.1, 0.15) is 36.8 Å². The number of aryl methyl sites for hydroxylation is 1. The maximum Gasteiger partial charge on any atom is 0.164 e. The number of piperidine rings is 1. The van der Waals surface area contributed by atoms with E-state index in [4.69, 9.17) is 9.73 Å². The molecular weight excluding hydrogens is 421 g/mol. The maximum atomic E-state index is 12.9. The number of aliphatic imine (C=N–C) groups is 1. The normalized spacial score (nSPS) is 17.1. The van der Waals surface area contributed by atoms with Crippen LogP contribution < -0.4 is 0 Å². The van der Waals surface area contributed by atoms with E-state index >= 15 is 0 Å². The van der Waals surface area contributed by atoms with Gasteiger partial charge in [0.15, 0.2) is 5.17 Å².